The number of aryl methyl sites for hydroxylation is 1. The van der Waals surface area contributed by atoms with Crippen LogP contribution in [0.2, 0.25) is 0 Å². The van der Waals surface area contributed by atoms with Gasteiger partial charge in [-0.3, -0.25) is 0 Å². The molecule has 0 amide bonds. The molecule has 8 heteroatoms. The monoisotopic (exact) mass is 322 g/mol. The number of ether oxygens (including phenoxy) is 1. The van der Waals surface area contributed by atoms with Crippen LogP contribution in [0.4, 0.5) is 10.2 Å². The molecule has 3 N–H and O–H groups in total. The van der Waals surface area contributed by atoms with Gasteiger partial charge >= 0.3 is 0 Å². The van der Waals surface area contributed by atoms with Crippen LogP contribution >= 0.6 is 0 Å². The standard InChI is InChI=1S/C15H19FN4O3/c1-7-17-13(19-8-2-3-8)9-4-5-20(14(9)18-7)15-11(16)12(22)10(6-21)23-15/h4-5,8,10-12,15,21-22H,2-3,6H2,1H3,(H,17,18,19)/t10-,11+,12-,15-/m1/s1. The molecular weight excluding hydrogens is 303 g/mol. The Morgan fingerprint density at radius 2 is 2.22 bits per heavy atom. The number of nitrogens with one attached hydrogen (secondary N) is 1. The highest BCUT2D eigenvalue weighted by molar-refractivity contribution is 5.88. The fraction of sp³-hybridized carbons (Fsp3) is 0.600. The maximum absolute atomic E-state index is 14.4. The van der Waals surface area contributed by atoms with Gasteiger partial charge in [-0.15, -0.1) is 0 Å². The minimum absolute atomic E-state index is 0.431. The van der Waals surface area contributed by atoms with Crippen LogP contribution in [-0.2, 0) is 4.74 Å². The Morgan fingerprint density at radius 3 is 2.87 bits per heavy atom. The zero-order valence-corrected chi connectivity index (χ0v) is 12.7. The first kappa shape index (κ1) is 14.8. The van der Waals surface area contributed by atoms with Gasteiger partial charge in [-0.1, -0.05) is 0 Å². The predicted molar refractivity (Wildman–Crippen MR) is 80.8 cm³/mol. The summed E-state index contributed by atoms with van der Waals surface area (Å²) in [6.45, 7) is 1.35. The number of hydrogen-bond acceptors (Lipinski definition) is 6. The summed E-state index contributed by atoms with van der Waals surface area (Å²) in [6.07, 6.45) is -1.00. The smallest absolute Gasteiger partial charge is 0.173 e. The largest absolute Gasteiger partial charge is 0.394 e. The number of aliphatic hydroxyl groups is 2. The number of aliphatic hydroxyl groups excluding tert-OH is 2. The summed E-state index contributed by atoms with van der Waals surface area (Å²) >= 11 is 0. The molecule has 2 aromatic heterocycles. The number of anilines is 1. The fourth-order valence-corrected chi connectivity index (χ4v) is 2.96. The van der Waals surface area contributed by atoms with Crippen molar-refractivity contribution in [3.8, 4) is 0 Å². The summed E-state index contributed by atoms with van der Waals surface area (Å²) in [7, 11) is 0. The molecule has 1 aliphatic heterocycles. The Kier molecular flexibility index (Phi) is 3.47. The molecule has 23 heavy (non-hydrogen) atoms. The van der Waals surface area contributed by atoms with Crippen LogP contribution in [0.1, 0.15) is 24.9 Å². The zero-order chi connectivity index (χ0) is 16.1. The minimum atomic E-state index is -1.63. The van der Waals surface area contributed by atoms with Gasteiger partial charge in [0.25, 0.3) is 0 Å². The first-order chi connectivity index (χ1) is 11.1. The van der Waals surface area contributed by atoms with E-state index in [1.807, 2.05) is 6.07 Å². The number of rotatable bonds is 4. The Labute approximate surface area is 132 Å². The first-order valence-corrected chi connectivity index (χ1v) is 7.78. The summed E-state index contributed by atoms with van der Waals surface area (Å²) in [6, 6.07) is 2.25. The summed E-state index contributed by atoms with van der Waals surface area (Å²) in [5.41, 5.74) is 0.555. The summed E-state index contributed by atoms with van der Waals surface area (Å²) in [5, 5.41) is 23.1. The number of nitrogens with zero attached hydrogens (tertiary/aromatic N) is 3. The van der Waals surface area contributed by atoms with Crippen molar-refractivity contribution >= 4 is 16.9 Å². The van der Waals surface area contributed by atoms with E-state index in [0.717, 1.165) is 24.0 Å². The van der Waals surface area contributed by atoms with Gasteiger partial charge in [-0.05, 0) is 25.8 Å². The quantitative estimate of drug-likeness (QED) is 0.775. The van der Waals surface area contributed by atoms with Crippen molar-refractivity contribution in [2.45, 2.75) is 50.4 Å². The Morgan fingerprint density at radius 1 is 1.43 bits per heavy atom. The van der Waals surface area contributed by atoms with Gasteiger partial charge < -0.3 is 24.8 Å². The SMILES string of the molecule is Cc1nc(NC2CC2)c2ccn([C@@H]3O[C@H](CO)[C@@H](O)[C@@H]3F)c2n1. The molecule has 1 aliphatic carbocycles. The van der Waals surface area contributed by atoms with Crippen LogP contribution in [0, 0.1) is 6.92 Å². The third-order valence-electron chi connectivity index (χ3n) is 4.35. The molecule has 2 aliphatic rings. The van der Waals surface area contributed by atoms with E-state index in [0.29, 0.717) is 17.5 Å². The topological polar surface area (TPSA) is 92.4 Å². The maximum atomic E-state index is 14.4. The number of aromatic nitrogens is 3. The number of hydrogen-bond donors (Lipinski definition) is 3. The van der Waals surface area contributed by atoms with E-state index < -0.39 is 31.2 Å². The zero-order valence-electron chi connectivity index (χ0n) is 12.7. The lowest BCUT2D eigenvalue weighted by molar-refractivity contribution is -0.0457. The Hall–Kier alpha value is -1.77. The van der Waals surface area contributed by atoms with Gasteiger partial charge in [0.15, 0.2) is 12.4 Å². The van der Waals surface area contributed by atoms with Crippen LogP contribution in [0.3, 0.4) is 0 Å². The second kappa shape index (κ2) is 5.40. The number of alkyl halides is 1. The maximum Gasteiger partial charge on any atom is 0.173 e. The fourth-order valence-electron chi connectivity index (χ4n) is 2.96. The molecule has 7 nitrogen and oxygen atoms in total. The summed E-state index contributed by atoms with van der Waals surface area (Å²) < 4.78 is 21.4. The molecule has 0 spiro atoms. The van der Waals surface area contributed by atoms with Gasteiger partial charge in [0, 0.05) is 12.2 Å². The summed E-state index contributed by atoms with van der Waals surface area (Å²) in [5.74, 6) is 1.31. The normalized spacial score (nSPS) is 31.0. The highest BCUT2D eigenvalue weighted by Crippen LogP contribution is 2.35. The molecule has 0 bridgehead atoms. The van der Waals surface area contributed by atoms with Crippen molar-refractivity contribution in [2.24, 2.45) is 0 Å². The van der Waals surface area contributed by atoms with Crippen LogP contribution in [0.15, 0.2) is 12.3 Å². The summed E-state index contributed by atoms with van der Waals surface area (Å²) in [4.78, 5) is 8.83. The Balaban J connectivity index is 1.74. The lowest BCUT2D eigenvalue weighted by atomic mass is 10.1. The van der Waals surface area contributed by atoms with Crippen LogP contribution in [-0.4, -0.2) is 55.8 Å². The third kappa shape index (κ3) is 2.46. The molecule has 1 saturated heterocycles. The van der Waals surface area contributed by atoms with Crippen molar-refractivity contribution in [3.05, 3.63) is 18.1 Å². The average molecular weight is 322 g/mol. The molecule has 3 heterocycles. The average Bonchev–Trinajstić information content (AvgIpc) is 3.17. The first-order valence-electron chi connectivity index (χ1n) is 7.78. The molecule has 2 fully saturated rings. The molecule has 0 unspecified atom stereocenters. The predicted octanol–water partition coefficient (Wildman–Crippen LogP) is 0.903. The van der Waals surface area contributed by atoms with Crippen LogP contribution in [0.25, 0.3) is 11.0 Å². The van der Waals surface area contributed by atoms with Crippen molar-refractivity contribution in [3.63, 3.8) is 0 Å². The minimum Gasteiger partial charge on any atom is -0.394 e. The van der Waals surface area contributed by atoms with E-state index >= 15 is 0 Å². The van der Waals surface area contributed by atoms with E-state index in [9.17, 15) is 14.6 Å². The second-order valence-electron chi connectivity index (χ2n) is 6.18. The Bertz CT molecular complexity index is 733. The van der Waals surface area contributed by atoms with Gasteiger partial charge in [-0.25, -0.2) is 14.4 Å². The van der Waals surface area contributed by atoms with Crippen molar-refractivity contribution in [1.29, 1.82) is 0 Å². The van der Waals surface area contributed by atoms with E-state index in [4.69, 9.17) is 4.74 Å². The third-order valence-corrected chi connectivity index (χ3v) is 4.35. The molecule has 0 radical (unpaired) electrons. The van der Waals surface area contributed by atoms with Gasteiger partial charge in [0.05, 0.1) is 12.0 Å². The highest BCUT2D eigenvalue weighted by Gasteiger charge is 2.45. The van der Waals surface area contributed by atoms with E-state index in [1.165, 1.54) is 0 Å². The van der Waals surface area contributed by atoms with Crippen LogP contribution in [0.5, 0.6) is 0 Å². The highest BCUT2D eigenvalue weighted by atomic mass is 19.1. The van der Waals surface area contributed by atoms with Crippen molar-refractivity contribution < 1.29 is 19.3 Å². The molecule has 0 aromatic carbocycles. The van der Waals surface area contributed by atoms with E-state index in [-0.39, 0.29) is 0 Å². The molecular formula is C15H19FN4O3. The van der Waals surface area contributed by atoms with E-state index in [1.54, 1.807) is 17.7 Å². The van der Waals surface area contributed by atoms with Gasteiger partial charge in [0.2, 0.25) is 0 Å². The van der Waals surface area contributed by atoms with Crippen molar-refractivity contribution in [1.82, 2.24) is 14.5 Å². The van der Waals surface area contributed by atoms with Gasteiger partial charge in [0.1, 0.15) is 29.5 Å². The van der Waals surface area contributed by atoms with E-state index in [2.05, 4.69) is 15.3 Å². The molecule has 124 valence electrons. The molecule has 4 rings (SSSR count). The molecule has 4 atom stereocenters. The lowest BCUT2D eigenvalue weighted by Gasteiger charge is -2.16. The number of fused-ring (bicyclic) bond motifs is 1. The lowest BCUT2D eigenvalue weighted by Crippen LogP contribution is -2.30. The number of halogens is 1. The second-order valence-corrected chi connectivity index (χ2v) is 6.18. The molecule has 1 saturated carbocycles. The van der Waals surface area contributed by atoms with Gasteiger partial charge in [-0.2, -0.15) is 0 Å². The molecule has 2 aromatic rings. The van der Waals surface area contributed by atoms with Crippen LogP contribution < -0.4 is 5.32 Å². The van der Waals surface area contributed by atoms with Crippen molar-refractivity contribution in [2.75, 3.05) is 11.9 Å².